The molecule has 0 bridgehead atoms. The average molecular weight is 294 g/mol. The fourth-order valence-electron chi connectivity index (χ4n) is 2.75. The minimum absolute atomic E-state index is 0.0394. The molecule has 120 valence electrons. The summed E-state index contributed by atoms with van der Waals surface area (Å²) in [5, 5.41) is 3.42. The number of rotatable bonds is 6. The lowest BCUT2D eigenvalue weighted by Crippen LogP contribution is -2.48. The highest BCUT2D eigenvalue weighted by molar-refractivity contribution is 4.85. The lowest BCUT2D eigenvalue weighted by atomic mass is 9.85. The van der Waals surface area contributed by atoms with Gasteiger partial charge in [-0.2, -0.15) is 13.2 Å². The Hall–Kier alpha value is -0.290. The molecule has 2 nitrogen and oxygen atoms in total. The molecule has 5 heteroatoms. The van der Waals surface area contributed by atoms with E-state index in [4.69, 9.17) is 0 Å². The normalized spacial score (nSPS) is 24.9. The standard InChI is InChI=1S/C15H29F3N2/c1-5-14(4,10-19-12(2)3)11-20-8-6-7-13(9-20)15(16,17)18/h12-13,19H,5-11H2,1-4H3. The van der Waals surface area contributed by atoms with Gasteiger partial charge in [0.1, 0.15) is 0 Å². The number of nitrogens with one attached hydrogen (secondary N) is 1. The van der Waals surface area contributed by atoms with Crippen molar-refractivity contribution in [3.8, 4) is 0 Å². The monoisotopic (exact) mass is 294 g/mol. The highest BCUT2D eigenvalue weighted by atomic mass is 19.4. The first-order valence-electron chi connectivity index (χ1n) is 7.69. The molecule has 1 aliphatic heterocycles. The van der Waals surface area contributed by atoms with E-state index in [1.54, 1.807) is 0 Å². The first kappa shape index (κ1) is 17.8. The van der Waals surface area contributed by atoms with Crippen LogP contribution in [0.3, 0.4) is 0 Å². The zero-order valence-corrected chi connectivity index (χ0v) is 13.2. The molecule has 1 heterocycles. The summed E-state index contributed by atoms with van der Waals surface area (Å²) in [5.41, 5.74) is 0.0394. The van der Waals surface area contributed by atoms with E-state index in [2.05, 4.69) is 33.0 Å². The molecule has 0 amide bonds. The molecule has 1 N–H and O–H groups in total. The molecular weight excluding hydrogens is 265 g/mol. The highest BCUT2D eigenvalue weighted by Gasteiger charge is 2.42. The molecule has 1 rings (SSSR count). The first-order valence-corrected chi connectivity index (χ1v) is 7.69. The third-order valence-corrected chi connectivity index (χ3v) is 4.36. The van der Waals surface area contributed by atoms with E-state index in [0.29, 0.717) is 12.5 Å². The van der Waals surface area contributed by atoms with Crippen molar-refractivity contribution >= 4 is 0 Å². The van der Waals surface area contributed by atoms with Crippen molar-refractivity contribution in [1.82, 2.24) is 10.2 Å². The third kappa shape index (κ3) is 5.60. The van der Waals surface area contributed by atoms with Gasteiger partial charge in [0.2, 0.25) is 0 Å². The Morgan fingerprint density at radius 3 is 2.45 bits per heavy atom. The van der Waals surface area contributed by atoms with Crippen molar-refractivity contribution < 1.29 is 13.2 Å². The first-order chi connectivity index (χ1) is 9.16. The second kappa shape index (κ2) is 7.12. The molecule has 1 fully saturated rings. The maximum atomic E-state index is 12.8. The van der Waals surface area contributed by atoms with Gasteiger partial charge >= 0.3 is 6.18 Å². The van der Waals surface area contributed by atoms with Crippen LogP contribution in [0.4, 0.5) is 13.2 Å². The van der Waals surface area contributed by atoms with Crippen molar-refractivity contribution in [2.24, 2.45) is 11.3 Å². The lowest BCUT2D eigenvalue weighted by Gasteiger charge is -2.40. The SMILES string of the molecule is CCC(C)(CNC(C)C)CN1CCCC(C(F)(F)F)C1. The molecule has 1 saturated heterocycles. The van der Waals surface area contributed by atoms with Crippen molar-refractivity contribution in [2.75, 3.05) is 26.2 Å². The van der Waals surface area contributed by atoms with E-state index in [-0.39, 0.29) is 18.4 Å². The van der Waals surface area contributed by atoms with Gasteiger partial charge in [-0.1, -0.05) is 27.7 Å². The summed E-state index contributed by atoms with van der Waals surface area (Å²) in [4.78, 5) is 2.01. The Labute approximate surface area is 121 Å². The van der Waals surface area contributed by atoms with Crippen LogP contribution < -0.4 is 5.32 Å². The van der Waals surface area contributed by atoms with Crippen LogP contribution in [0.25, 0.3) is 0 Å². The minimum Gasteiger partial charge on any atom is -0.314 e. The Morgan fingerprint density at radius 2 is 1.95 bits per heavy atom. The summed E-state index contributed by atoms with van der Waals surface area (Å²) in [6.07, 6.45) is -2.13. The van der Waals surface area contributed by atoms with E-state index < -0.39 is 12.1 Å². The third-order valence-electron chi connectivity index (χ3n) is 4.36. The molecular formula is C15H29F3N2. The summed E-state index contributed by atoms with van der Waals surface area (Å²) in [6, 6.07) is 0.408. The molecule has 2 atom stereocenters. The number of hydrogen-bond acceptors (Lipinski definition) is 2. The Morgan fingerprint density at radius 1 is 1.30 bits per heavy atom. The summed E-state index contributed by atoms with van der Waals surface area (Å²) in [6.45, 7) is 11.0. The van der Waals surface area contributed by atoms with Crippen LogP contribution in [0.5, 0.6) is 0 Å². The van der Waals surface area contributed by atoms with Gasteiger partial charge in [-0.25, -0.2) is 0 Å². The summed E-state index contributed by atoms with van der Waals surface area (Å²) in [5.74, 6) is -1.14. The van der Waals surface area contributed by atoms with Crippen LogP contribution >= 0.6 is 0 Å². The van der Waals surface area contributed by atoms with Gasteiger partial charge in [0.25, 0.3) is 0 Å². The average Bonchev–Trinajstić information content (AvgIpc) is 2.36. The van der Waals surface area contributed by atoms with Gasteiger partial charge in [-0.3, -0.25) is 0 Å². The van der Waals surface area contributed by atoms with Crippen molar-refractivity contribution in [3.63, 3.8) is 0 Å². The number of hydrogen-bond donors (Lipinski definition) is 1. The van der Waals surface area contributed by atoms with Gasteiger partial charge in [0, 0.05) is 25.7 Å². The van der Waals surface area contributed by atoms with Crippen LogP contribution in [0.15, 0.2) is 0 Å². The summed E-state index contributed by atoms with van der Waals surface area (Å²) in [7, 11) is 0. The van der Waals surface area contributed by atoms with E-state index in [1.807, 2.05) is 4.90 Å². The number of piperidine rings is 1. The van der Waals surface area contributed by atoms with E-state index >= 15 is 0 Å². The number of alkyl halides is 3. The zero-order chi connectivity index (χ0) is 15.4. The largest absolute Gasteiger partial charge is 0.393 e. The fraction of sp³-hybridized carbons (Fsp3) is 1.00. The van der Waals surface area contributed by atoms with Crippen LogP contribution in [0.2, 0.25) is 0 Å². The van der Waals surface area contributed by atoms with Crippen LogP contribution in [0, 0.1) is 11.3 Å². The van der Waals surface area contributed by atoms with Crippen molar-refractivity contribution in [3.05, 3.63) is 0 Å². The summed E-state index contributed by atoms with van der Waals surface area (Å²) < 4.78 is 38.5. The zero-order valence-electron chi connectivity index (χ0n) is 13.2. The Bertz CT molecular complexity index is 291. The van der Waals surface area contributed by atoms with E-state index in [1.165, 1.54) is 0 Å². The number of likely N-dealkylation sites (tertiary alicyclic amines) is 1. The Kier molecular flexibility index (Phi) is 6.32. The molecule has 0 radical (unpaired) electrons. The highest BCUT2D eigenvalue weighted by Crippen LogP contribution is 2.34. The smallest absolute Gasteiger partial charge is 0.314 e. The maximum Gasteiger partial charge on any atom is 0.393 e. The molecule has 0 aliphatic carbocycles. The van der Waals surface area contributed by atoms with E-state index in [9.17, 15) is 13.2 Å². The van der Waals surface area contributed by atoms with Gasteiger partial charge in [0.15, 0.2) is 0 Å². The predicted molar refractivity (Wildman–Crippen MR) is 76.8 cm³/mol. The molecule has 0 spiro atoms. The second-order valence-electron chi connectivity index (χ2n) is 6.82. The molecule has 0 aromatic carbocycles. The maximum absolute atomic E-state index is 12.8. The topological polar surface area (TPSA) is 15.3 Å². The molecule has 0 saturated carbocycles. The number of nitrogens with zero attached hydrogens (tertiary/aromatic N) is 1. The molecule has 20 heavy (non-hydrogen) atoms. The van der Waals surface area contributed by atoms with Crippen molar-refractivity contribution in [2.45, 2.75) is 59.2 Å². The molecule has 0 aromatic heterocycles. The van der Waals surface area contributed by atoms with Crippen LogP contribution in [-0.2, 0) is 0 Å². The van der Waals surface area contributed by atoms with Gasteiger partial charge < -0.3 is 10.2 Å². The number of halogens is 3. The van der Waals surface area contributed by atoms with Crippen molar-refractivity contribution in [1.29, 1.82) is 0 Å². The van der Waals surface area contributed by atoms with Gasteiger partial charge in [-0.05, 0) is 31.2 Å². The molecule has 0 aromatic rings. The summed E-state index contributed by atoms with van der Waals surface area (Å²) >= 11 is 0. The fourth-order valence-corrected chi connectivity index (χ4v) is 2.75. The van der Waals surface area contributed by atoms with Crippen LogP contribution in [0.1, 0.15) is 47.0 Å². The lowest BCUT2D eigenvalue weighted by molar-refractivity contribution is -0.187. The van der Waals surface area contributed by atoms with E-state index in [0.717, 1.165) is 26.1 Å². The quantitative estimate of drug-likeness (QED) is 0.804. The van der Waals surface area contributed by atoms with Crippen LogP contribution in [-0.4, -0.2) is 43.3 Å². The predicted octanol–water partition coefficient (Wildman–Crippen LogP) is 3.68. The van der Waals surface area contributed by atoms with Gasteiger partial charge in [-0.15, -0.1) is 0 Å². The second-order valence-corrected chi connectivity index (χ2v) is 6.82. The van der Waals surface area contributed by atoms with Gasteiger partial charge in [0.05, 0.1) is 5.92 Å². The minimum atomic E-state index is -4.04. The Balaban J connectivity index is 2.56. The molecule has 1 aliphatic rings. The molecule has 2 unspecified atom stereocenters.